The molecule has 2 aromatic rings. The molecule has 0 unspecified atom stereocenters. The summed E-state index contributed by atoms with van der Waals surface area (Å²) in [6.45, 7) is 4.25. The van der Waals surface area contributed by atoms with E-state index in [2.05, 4.69) is 24.4 Å². The van der Waals surface area contributed by atoms with Crippen LogP contribution in [0.4, 0.5) is 0 Å². The first kappa shape index (κ1) is 19.2. The highest BCUT2D eigenvalue weighted by atomic mass is 16.2. The molecule has 1 aliphatic heterocycles. The number of rotatable bonds is 6. The van der Waals surface area contributed by atoms with Crippen LogP contribution < -0.4 is 5.32 Å². The van der Waals surface area contributed by atoms with Gasteiger partial charge < -0.3 is 10.2 Å². The third-order valence-electron chi connectivity index (χ3n) is 5.37. The maximum atomic E-state index is 12.5. The Balaban J connectivity index is 1.40. The van der Waals surface area contributed by atoms with Crippen molar-refractivity contribution in [2.24, 2.45) is 5.92 Å². The van der Waals surface area contributed by atoms with E-state index in [0.29, 0.717) is 24.8 Å². The highest BCUT2D eigenvalue weighted by Gasteiger charge is 2.25. The molecule has 1 heterocycles. The van der Waals surface area contributed by atoms with Crippen LogP contribution in [0.2, 0.25) is 0 Å². The van der Waals surface area contributed by atoms with Crippen molar-refractivity contribution in [3.8, 4) is 0 Å². The molecular formula is C23H28N2O2. The van der Waals surface area contributed by atoms with Gasteiger partial charge in [0, 0.05) is 31.6 Å². The normalized spacial score (nSPS) is 16.0. The van der Waals surface area contributed by atoms with Crippen molar-refractivity contribution in [1.82, 2.24) is 10.2 Å². The lowest BCUT2D eigenvalue weighted by molar-refractivity contribution is -0.122. The third kappa shape index (κ3) is 5.43. The summed E-state index contributed by atoms with van der Waals surface area (Å²) in [5.41, 5.74) is 1.98. The SMILES string of the molecule is C[C@@H](CNC(=O)CC1CCN(C(=O)c2ccccc2)CC1)c1ccccc1. The van der Waals surface area contributed by atoms with Gasteiger partial charge in [-0.2, -0.15) is 0 Å². The van der Waals surface area contributed by atoms with E-state index in [9.17, 15) is 9.59 Å². The zero-order valence-electron chi connectivity index (χ0n) is 15.9. The fourth-order valence-corrected chi connectivity index (χ4v) is 3.60. The maximum Gasteiger partial charge on any atom is 0.253 e. The molecule has 0 saturated carbocycles. The first-order chi connectivity index (χ1) is 13.1. The summed E-state index contributed by atoms with van der Waals surface area (Å²) in [6.07, 6.45) is 2.33. The smallest absolute Gasteiger partial charge is 0.253 e. The Kier molecular flexibility index (Phi) is 6.64. The van der Waals surface area contributed by atoms with Crippen LogP contribution in [-0.2, 0) is 4.79 Å². The van der Waals surface area contributed by atoms with Crippen LogP contribution in [0.25, 0.3) is 0 Å². The van der Waals surface area contributed by atoms with E-state index in [-0.39, 0.29) is 11.8 Å². The number of carbonyl (C=O) groups excluding carboxylic acids is 2. The second-order valence-corrected chi connectivity index (χ2v) is 7.42. The van der Waals surface area contributed by atoms with Gasteiger partial charge in [-0.3, -0.25) is 9.59 Å². The molecule has 142 valence electrons. The van der Waals surface area contributed by atoms with Crippen LogP contribution in [-0.4, -0.2) is 36.3 Å². The molecule has 3 rings (SSSR count). The van der Waals surface area contributed by atoms with E-state index in [1.807, 2.05) is 53.4 Å². The van der Waals surface area contributed by atoms with Crippen LogP contribution in [0.5, 0.6) is 0 Å². The van der Waals surface area contributed by atoms with Gasteiger partial charge >= 0.3 is 0 Å². The van der Waals surface area contributed by atoms with Crippen LogP contribution in [0.15, 0.2) is 60.7 Å². The lowest BCUT2D eigenvalue weighted by Gasteiger charge is -2.32. The molecule has 0 bridgehead atoms. The molecule has 4 heteroatoms. The molecule has 1 fully saturated rings. The van der Waals surface area contributed by atoms with Gasteiger partial charge in [0.05, 0.1) is 0 Å². The Morgan fingerprint density at radius 3 is 2.22 bits per heavy atom. The number of nitrogens with zero attached hydrogens (tertiary/aromatic N) is 1. The lowest BCUT2D eigenvalue weighted by Crippen LogP contribution is -2.39. The van der Waals surface area contributed by atoms with Crippen LogP contribution >= 0.6 is 0 Å². The van der Waals surface area contributed by atoms with Crippen molar-refractivity contribution in [3.63, 3.8) is 0 Å². The van der Waals surface area contributed by atoms with E-state index in [0.717, 1.165) is 31.5 Å². The Hall–Kier alpha value is -2.62. The van der Waals surface area contributed by atoms with Gasteiger partial charge in [-0.05, 0) is 42.4 Å². The van der Waals surface area contributed by atoms with Gasteiger partial charge in [-0.25, -0.2) is 0 Å². The van der Waals surface area contributed by atoms with Crippen molar-refractivity contribution in [1.29, 1.82) is 0 Å². The number of carbonyl (C=O) groups is 2. The van der Waals surface area contributed by atoms with Gasteiger partial charge in [-0.15, -0.1) is 0 Å². The first-order valence-corrected chi connectivity index (χ1v) is 9.79. The minimum atomic E-state index is 0.0928. The summed E-state index contributed by atoms with van der Waals surface area (Å²) in [5.74, 6) is 0.873. The van der Waals surface area contributed by atoms with Gasteiger partial charge in [0.25, 0.3) is 5.91 Å². The number of amides is 2. The summed E-state index contributed by atoms with van der Waals surface area (Å²) >= 11 is 0. The highest BCUT2D eigenvalue weighted by Crippen LogP contribution is 2.22. The standard InChI is InChI=1S/C23H28N2O2/c1-18(20-8-4-2-5-9-20)17-24-22(26)16-19-12-14-25(15-13-19)23(27)21-10-6-3-7-11-21/h2-11,18-19H,12-17H2,1H3,(H,24,26)/t18-/m0/s1. The fraction of sp³-hybridized carbons (Fsp3) is 0.391. The molecule has 1 aliphatic rings. The van der Waals surface area contributed by atoms with Gasteiger partial charge in [0.2, 0.25) is 5.91 Å². The van der Waals surface area contributed by atoms with Crippen molar-refractivity contribution in [3.05, 3.63) is 71.8 Å². The molecule has 0 aliphatic carbocycles. The maximum absolute atomic E-state index is 12.5. The Labute approximate surface area is 161 Å². The predicted octanol–water partition coefficient (Wildman–Crippen LogP) is 3.85. The molecule has 0 aromatic heterocycles. The summed E-state index contributed by atoms with van der Waals surface area (Å²) in [6, 6.07) is 19.7. The van der Waals surface area contributed by atoms with Gasteiger partial charge in [0.1, 0.15) is 0 Å². The molecule has 1 saturated heterocycles. The minimum absolute atomic E-state index is 0.0928. The van der Waals surface area contributed by atoms with Crippen molar-refractivity contribution in [2.45, 2.75) is 32.1 Å². The average molecular weight is 364 g/mol. The van der Waals surface area contributed by atoms with E-state index in [1.165, 1.54) is 5.56 Å². The topological polar surface area (TPSA) is 49.4 Å². The Morgan fingerprint density at radius 2 is 1.59 bits per heavy atom. The van der Waals surface area contributed by atoms with Crippen molar-refractivity contribution in [2.75, 3.05) is 19.6 Å². The Bertz CT molecular complexity index is 737. The second-order valence-electron chi connectivity index (χ2n) is 7.42. The Morgan fingerprint density at radius 1 is 1.00 bits per heavy atom. The molecule has 1 N–H and O–H groups in total. The first-order valence-electron chi connectivity index (χ1n) is 9.79. The zero-order valence-corrected chi connectivity index (χ0v) is 15.9. The fourth-order valence-electron chi connectivity index (χ4n) is 3.60. The zero-order chi connectivity index (χ0) is 19.1. The summed E-state index contributed by atoms with van der Waals surface area (Å²) in [4.78, 5) is 26.7. The van der Waals surface area contributed by atoms with Crippen molar-refractivity contribution < 1.29 is 9.59 Å². The largest absolute Gasteiger partial charge is 0.355 e. The molecule has 2 aromatic carbocycles. The monoisotopic (exact) mass is 364 g/mol. The van der Waals surface area contributed by atoms with E-state index >= 15 is 0 Å². The summed E-state index contributed by atoms with van der Waals surface area (Å²) in [5, 5.41) is 3.07. The molecule has 4 nitrogen and oxygen atoms in total. The lowest BCUT2D eigenvalue weighted by atomic mass is 9.92. The van der Waals surface area contributed by atoms with Crippen LogP contribution in [0.3, 0.4) is 0 Å². The quantitative estimate of drug-likeness (QED) is 0.846. The summed E-state index contributed by atoms with van der Waals surface area (Å²) < 4.78 is 0. The van der Waals surface area contributed by atoms with Crippen LogP contribution in [0.1, 0.15) is 48.0 Å². The molecular weight excluding hydrogens is 336 g/mol. The summed E-state index contributed by atoms with van der Waals surface area (Å²) in [7, 11) is 0. The average Bonchev–Trinajstić information content (AvgIpc) is 2.73. The molecule has 0 spiro atoms. The van der Waals surface area contributed by atoms with Gasteiger partial charge in [-0.1, -0.05) is 55.5 Å². The van der Waals surface area contributed by atoms with Crippen molar-refractivity contribution >= 4 is 11.8 Å². The predicted molar refractivity (Wildman–Crippen MR) is 108 cm³/mol. The highest BCUT2D eigenvalue weighted by molar-refractivity contribution is 5.94. The number of nitrogens with one attached hydrogen (secondary N) is 1. The van der Waals surface area contributed by atoms with Gasteiger partial charge in [0.15, 0.2) is 0 Å². The number of benzene rings is 2. The molecule has 1 atom stereocenters. The third-order valence-corrected chi connectivity index (χ3v) is 5.37. The van der Waals surface area contributed by atoms with E-state index in [1.54, 1.807) is 0 Å². The number of hydrogen-bond acceptors (Lipinski definition) is 2. The number of piperidine rings is 1. The van der Waals surface area contributed by atoms with E-state index < -0.39 is 0 Å². The molecule has 0 radical (unpaired) electrons. The van der Waals surface area contributed by atoms with Crippen LogP contribution in [0, 0.1) is 5.92 Å². The number of hydrogen-bond donors (Lipinski definition) is 1. The molecule has 27 heavy (non-hydrogen) atoms. The second kappa shape index (κ2) is 9.36. The molecule has 2 amide bonds. The van der Waals surface area contributed by atoms with E-state index in [4.69, 9.17) is 0 Å². The number of likely N-dealkylation sites (tertiary alicyclic amines) is 1. The minimum Gasteiger partial charge on any atom is -0.355 e.